The number of ether oxygens (including phenoxy) is 1. The summed E-state index contributed by atoms with van der Waals surface area (Å²) in [4.78, 5) is 16.9. The van der Waals surface area contributed by atoms with Gasteiger partial charge in [-0.05, 0) is 37.0 Å². The van der Waals surface area contributed by atoms with Gasteiger partial charge in [0.1, 0.15) is 5.75 Å². The molecule has 4 rings (SSSR count). The minimum atomic E-state index is -2.80. The van der Waals surface area contributed by atoms with Crippen LogP contribution in [-0.4, -0.2) is 48.0 Å². The van der Waals surface area contributed by atoms with E-state index in [0.717, 1.165) is 51.0 Å². The third-order valence-corrected chi connectivity index (χ3v) is 4.89. The average Bonchev–Trinajstić information content (AvgIpc) is 2.81. The van der Waals surface area contributed by atoms with Crippen LogP contribution in [0.2, 0.25) is 0 Å². The SMILES string of the molecule is CCCN1C(=O)[C@H]2CC[C@@H]1CN(Cc1ccc(OC(F)F)cc1)C2. The van der Waals surface area contributed by atoms with Crippen molar-refractivity contribution in [3.8, 4) is 5.75 Å². The maximum atomic E-state index is 12.6. The Kier molecular flexibility index (Phi) is 5.33. The fourth-order valence-electron chi connectivity index (χ4n) is 3.83. The van der Waals surface area contributed by atoms with Gasteiger partial charge in [0, 0.05) is 32.2 Å². The van der Waals surface area contributed by atoms with Crippen LogP contribution in [-0.2, 0) is 11.3 Å². The number of hydrogen-bond donors (Lipinski definition) is 0. The van der Waals surface area contributed by atoms with Crippen molar-refractivity contribution < 1.29 is 18.3 Å². The number of fused-ring (bicyclic) bond motifs is 4. The van der Waals surface area contributed by atoms with Crippen LogP contribution < -0.4 is 4.74 Å². The van der Waals surface area contributed by atoms with Gasteiger partial charge in [-0.15, -0.1) is 0 Å². The zero-order valence-electron chi connectivity index (χ0n) is 14.0. The first-order valence-electron chi connectivity index (χ1n) is 8.63. The highest BCUT2D eigenvalue weighted by molar-refractivity contribution is 5.80. The maximum absolute atomic E-state index is 12.6. The van der Waals surface area contributed by atoms with Crippen LogP contribution in [0, 0.1) is 5.92 Å². The van der Waals surface area contributed by atoms with Gasteiger partial charge < -0.3 is 9.64 Å². The van der Waals surface area contributed by atoms with E-state index in [0.29, 0.717) is 11.9 Å². The van der Waals surface area contributed by atoms with Crippen molar-refractivity contribution in [1.82, 2.24) is 9.80 Å². The average molecular weight is 338 g/mol. The summed E-state index contributed by atoms with van der Waals surface area (Å²) < 4.78 is 28.8. The number of alkyl halides is 2. The van der Waals surface area contributed by atoms with E-state index in [1.165, 1.54) is 0 Å². The summed E-state index contributed by atoms with van der Waals surface area (Å²) in [7, 11) is 0. The molecule has 2 atom stereocenters. The fourth-order valence-corrected chi connectivity index (χ4v) is 3.83. The summed E-state index contributed by atoms with van der Waals surface area (Å²) >= 11 is 0. The van der Waals surface area contributed by atoms with Gasteiger partial charge >= 0.3 is 6.61 Å². The first-order valence-corrected chi connectivity index (χ1v) is 8.63. The summed E-state index contributed by atoms with van der Waals surface area (Å²) in [5.74, 6) is 0.571. The van der Waals surface area contributed by atoms with Crippen LogP contribution in [0.1, 0.15) is 31.7 Å². The van der Waals surface area contributed by atoms with Crippen molar-refractivity contribution in [3.05, 3.63) is 29.8 Å². The van der Waals surface area contributed by atoms with Crippen molar-refractivity contribution in [2.24, 2.45) is 5.92 Å². The van der Waals surface area contributed by atoms with Crippen molar-refractivity contribution in [1.29, 1.82) is 0 Å². The number of halogens is 2. The molecule has 3 fully saturated rings. The van der Waals surface area contributed by atoms with Crippen LogP contribution in [0.3, 0.4) is 0 Å². The number of carbonyl (C=O) groups excluding carboxylic acids is 1. The van der Waals surface area contributed by atoms with Gasteiger partial charge in [0.15, 0.2) is 0 Å². The molecule has 0 N–H and O–H groups in total. The zero-order valence-corrected chi connectivity index (χ0v) is 14.0. The summed E-state index contributed by atoms with van der Waals surface area (Å²) in [6.45, 7) is 2.55. The van der Waals surface area contributed by atoms with Crippen molar-refractivity contribution in [2.45, 2.75) is 45.4 Å². The molecule has 0 saturated carbocycles. The largest absolute Gasteiger partial charge is 0.435 e. The molecule has 0 unspecified atom stereocenters. The number of benzene rings is 1. The maximum Gasteiger partial charge on any atom is 0.387 e. The predicted molar refractivity (Wildman–Crippen MR) is 86.9 cm³/mol. The van der Waals surface area contributed by atoms with Gasteiger partial charge in [-0.25, -0.2) is 0 Å². The Morgan fingerprint density at radius 3 is 2.62 bits per heavy atom. The first kappa shape index (κ1) is 17.1. The fraction of sp³-hybridized carbons (Fsp3) is 0.611. The summed E-state index contributed by atoms with van der Waals surface area (Å²) in [6, 6.07) is 7.08. The topological polar surface area (TPSA) is 32.8 Å². The normalized spacial score (nSPS) is 24.5. The molecule has 1 aromatic carbocycles. The van der Waals surface area contributed by atoms with E-state index in [1.807, 2.05) is 12.1 Å². The lowest BCUT2D eigenvalue weighted by Gasteiger charge is -2.35. The molecule has 4 nitrogen and oxygen atoms in total. The van der Waals surface area contributed by atoms with Gasteiger partial charge in [-0.1, -0.05) is 19.1 Å². The van der Waals surface area contributed by atoms with Gasteiger partial charge in [0.2, 0.25) is 5.91 Å². The van der Waals surface area contributed by atoms with Crippen molar-refractivity contribution in [3.63, 3.8) is 0 Å². The molecular formula is C18H24F2N2O2. The van der Waals surface area contributed by atoms with E-state index < -0.39 is 6.61 Å². The Labute approximate surface area is 141 Å². The Balaban J connectivity index is 1.65. The molecule has 0 aromatic heterocycles. The molecule has 0 radical (unpaired) electrons. The highest BCUT2D eigenvalue weighted by Gasteiger charge is 2.39. The molecule has 3 heterocycles. The number of amides is 1. The highest BCUT2D eigenvalue weighted by Crippen LogP contribution is 2.30. The van der Waals surface area contributed by atoms with E-state index in [-0.39, 0.29) is 11.7 Å². The number of piperidine rings is 1. The minimum absolute atomic E-state index is 0.0942. The lowest BCUT2D eigenvalue weighted by atomic mass is 9.94. The van der Waals surface area contributed by atoms with E-state index in [4.69, 9.17) is 0 Å². The van der Waals surface area contributed by atoms with Crippen LogP contribution in [0.4, 0.5) is 8.78 Å². The lowest BCUT2D eigenvalue weighted by molar-refractivity contribution is -0.139. The Bertz CT molecular complexity index is 565. The van der Waals surface area contributed by atoms with Gasteiger partial charge in [-0.3, -0.25) is 9.69 Å². The standard InChI is InChI=1S/C18H24F2N2O2/c1-2-9-22-15-6-5-14(17(22)23)11-21(12-15)10-13-3-7-16(8-4-13)24-18(19)20/h3-4,7-8,14-15,18H,2,5-6,9-12H2,1H3/t14-,15+/m0/s1. The van der Waals surface area contributed by atoms with Crippen molar-refractivity contribution in [2.75, 3.05) is 19.6 Å². The smallest absolute Gasteiger partial charge is 0.387 e. The van der Waals surface area contributed by atoms with Gasteiger partial charge in [0.05, 0.1) is 5.92 Å². The van der Waals surface area contributed by atoms with E-state index >= 15 is 0 Å². The van der Waals surface area contributed by atoms with Crippen molar-refractivity contribution >= 4 is 5.91 Å². The van der Waals surface area contributed by atoms with Crippen LogP contribution in [0.25, 0.3) is 0 Å². The molecule has 6 heteroatoms. The molecule has 24 heavy (non-hydrogen) atoms. The van der Waals surface area contributed by atoms with E-state index in [1.54, 1.807) is 12.1 Å². The van der Waals surface area contributed by atoms with Gasteiger partial charge in [-0.2, -0.15) is 8.78 Å². The summed E-state index contributed by atoms with van der Waals surface area (Å²) in [5, 5.41) is 0. The molecule has 3 aliphatic rings. The van der Waals surface area contributed by atoms with Crippen LogP contribution >= 0.6 is 0 Å². The van der Waals surface area contributed by atoms with Crippen LogP contribution in [0.5, 0.6) is 5.75 Å². The Morgan fingerprint density at radius 1 is 1.21 bits per heavy atom. The number of nitrogens with zero attached hydrogens (tertiary/aromatic N) is 2. The molecule has 2 bridgehead atoms. The molecule has 132 valence electrons. The molecule has 1 aromatic rings. The molecule has 0 aliphatic carbocycles. The Hall–Kier alpha value is -1.69. The Morgan fingerprint density at radius 2 is 1.96 bits per heavy atom. The molecule has 3 aliphatic heterocycles. The summed E-state index contributed by atoms with van der Waals surface area (Å²) in [6.07, 6.45) is 3.04. The quantitative estimate of drug-likeness (QED) is 0.799. The number of rotatable bonds is 6. The van der Waals surface area contributed by atoms with Crippen LogP contribution in [0.15, 0.2) is 24.3 Å². The zero-order chi connectivity index (χ0) is 17.1. The summed E-state index contributed by atoms with van der Waals surface area (Å²) in [5.41, 5.74) is 1.05. The highest BCUT2D eigenvalue weighted by atomic mass is 19.3. The third-order valence-electron chi connectivity index (χ3n) is 4.89. The van der Waals surface area contributed by atoms with Gasteiger partial charge in [0.25, 0.3) is 0 Å². The number of hydrogen-bond acceptors (Lipinski definition) is 3. The second kappa shape index (κ2) is 7.47. The second-order valence-corrected chi connectivity index (χ2v) is 6.68. The monoisotopic (exact) mass is 338 g/mol. The predicted octanol–water partition coefficient (Wildman–Crippen LogP) is 3.12. The van der Waals surface area contributed by atoms with E-state index in [9.17, 15) is 13.6 Å². The molecule has 1 amide bonds. The van der Waals surface area contributed by atoms with E-state index in [2.05, 4.69) is 21.5 Å². The first-order chi connectivity index (χ1) is 11.6. The molecule has 3 saturated heterocycles. The molecule has 0 spiro atoms. The number of carbonyl (C=O) groups is 1. The molecular weight excluding hydrogens is 314 g/mol. The lowest BCUT2D eigenvalue weighted by Crippen LogP contribution is -2.48. The third kappa shape index (κ3) is 3.86. The second-order valence-electron chi connectivity index (χ2n) is 6.68. The minimum Gasteiger partial charge on any atom is -0.435 e.